The number of benzene rings is 1. The third-order valence-corrected chi connectivity index (χ3v) is 2.81. The molecule has 0 aliphatic heterocycles. The SMILES string of the molecule is COC(C)(Cl)c1c#cc2ccccc2c1. The molecule has 1 atom stereocenters. The molecule has 2 heteroatoms. The number of rotatable bonds is 2. The second-order valence-electron chi connectivity index (χ2n) is 3.52. The molecule has 1 unspecified atom stereocenters. The molecule has 15 heavy (non-hydrogen) atoms. The molecule has 1 nitrogen and oxygen atoms in total. The second kappa shape index (κ2) is 3.73. The van der Waals surface area contributed by atoms with Crippen molar-refractivity contribution >= 4 is 22.4 Å². The van der Waals surface area contributed by atoms with Crippen molar-refractivity contribution in [1.82, 2.24) is 0 Å². The summed E-state index contributed by atoms with van der Waals surface area (Å²) < 4.78 is 5.19. The predicted octanol–water partition coefficient (Wildman–Crippen LogP) is 3.50. The first-order valence-corrected chi connectivity index (χ1v) is 5.08. The minimum absolute atomic E-state index is 0.797. The van der Waals surface area contributed by atoms with E-state index in [0.29, 0.717) is 0 Å². The first kappa shape index (κ1) is 10.3. The number of fused-ring (bicyclic) bond motifs is 1. The van der Waals surface area contributed by atoms with Gasteiger partial charge in [0.1, 0.15) is 0 Å². The molecule has 2 aromatic carbocycles. The summed E-state index contributed by atoms with van der Waals surface area (Å²) in [6.07, 6.45) is 0. The molecule has 0 heterocycles. The molecule has 2 aromatic rings. The normalized spacial score (nSPS) is 14.6. The largest absolute Gasteiger partial charge is 0.358 e. The first-order chi connectivity index (χ1) is 7.13. The Morgan fingerprint density at radius 1 is 1.27 bits per heavy atom. The van der Waals surface area contributed by atoms with Gasteiger partial charge in [-0.25, -0.2) is 0 Å². The van der Waals surface area contributed by atoms with Crippen LogP contribution in [0.2, 0.25) is 0 Å². The number of ether oxygens (including phenoxy) is 1. The van der Waals surface area contributed by atoms with Crippen molar-refractivity contribution < 1.29 is 4.74 Å². The lowest BCUT2D eigenvalue weighted by molar-refractivity contribution is 0.0787. The number of hydrogen-bond donors (Lipinski definition) is 0. The Balaban J connectivity index is 2.56. The van der Waals surface area contributed by atoms with Crippen LogP contribution in [0.5, 0.6) is 0 Å². The van der Waals surface area contributed by atoms with Crippen LogP contribution in [-0.4, -0.2) is 7.11 Å². The number of methoxy groups -OCH3 is 1. The number of hydrogen-bond acceptors (Lipinski definition) is 1. The van der Waals surface area contributed by atoms with E-state index in [1.54, 1.807) is 14.0 Å². The van der Waals surface area contributed by atoms with Gasteiger partial charge in [-0.2, -0.15) is 0 Å². The third-order valence-electron chi connectivity index (χ3n) is 2.46. The predicted molar refractivity (Wildman–Crippen MR) is 61.8 cm³/mol. The van der Waals surface area contributed by atoms with Crippen LogP contribution in [0.15, 0.2) is 30.3 Å². The molecule has 2 rings (SSSR count). The van der Waals surface area contributed by atoms with Gasteiger partial charge < -0.3 is 4.74 Å². The molecule has 0 aromatic heterocycles. The molecule has 0 aliphatic rings. The highest BCUT2D eigenvalue weighted by atomic mass is 35.5. The maximum absolute atomic E-state index is 6.17. The van der Waals surface area contributed by atoms with Gasteiger partial charge in [-0.15, -0.1) is 0 Å². The number of alkyl halides is 1. The van der Waals surface area contributed by atoms with Crippen LogP contribution >= 0.6 is 11.6 Å². The van der Waals surface area contributed by atoms with E-state index in [1.807, 2.05) is 30.3 Å². The summed E-state index contributed by atoms with van der Waals surface area (Å²) in [5.74, 6) is 0. The van der Waals surface area contributed by atoms with E-state index in [9.17, 15) is 0 Å². The Bertz CT molecular complexity index is 477. The molecular formula is C13H11ClO. The zero-order valence-corrected chi connectivity index (χ0v) is 9.43. The smallest absolute Gasteiger partial charge is 0.171 e. The first-order valence-electron chi connectivity index (χ1n) is 4.71. The highest BCUT2D eigenvalue weighted by Gasteiger charge is 2.22. The van der Waals surface area contributed by atoms with Gasteiger partial charge in [0.15, 0.2) is 5.06 Å². The fraction of sp³-hybridized carbons (Fsp3) is 0.231. The molecule has 76 valence electrons. The lowest BCUT2D eigenvalue weighted by Crippen LogP contribution is -2.15. The van der Waals surface area contributed by atoms with Gasteiger partial charge in [-0.3, -0.25) is 0 Å². The van der Waals surface area contributed by atoms with Crippen LogP contribution in [0.3, 0.4) is 0 Å². The Hall–Kier alpha value is -1.23. The van der Waals surface area contributed by atoms with E-state index in [-0.39, 0.29) is 0 Å². The van der Waals surface area contributed by atoms with E-state index < -0.39 is 5.06 Å². The maximum Gasteiger partial charge on any atom is 0.171 e. The molecule has 0 saturated carbocycles. The van der Waals surface area contributed by atoms with Crippen molar-refractivity contribution in [2.24, 2.45) is 0 Å². The summed E-state index contributed by atoms with van der Waals surface area (Å²) in [4.78, 5) is 0. The standard InChI is InChI=1S/C13H11ClO/c1-13(14,15-2)12-8-7-10-5-3-4-6-11(10)9-12/h3-6,9H,1-2H3. The molecule has 0 fully saturated rings. The van der Waals surface area contributed by atoms with Crippen LogP contribution in [-0.2, 0) is 9.80 Å². The quantitative estimate of drug-likeness (QED) is 0.701. The Labute approximate surface area is 94.6 Å². The van der Waals surface area contributed by atoms with E-state index in [2.05, 4.69) is 12.1 Å². The van der Waals surface area contributed by atoms with Crippen LogP contribution in [0.25, 0.3) is 10.8 Å². The fourth-order valence-electron chi connectivity index (χ4n) is 1.41. The maximum atomic E-state index is 6.17. The summed E-state index contributed by atoms with van der Waals surface area (Å²) in [6, 6.07) is 16.0. The average Bonchev–Trinajstić information content (AvgIpc) is 2.28. The minimum atomic E-state index is -0.833. The molecule has 0 saturated heterocycles. The minimum Gasteiger partial charge on any atom is -0.358 e. The van der Waals surface area contributed by atoms with E-state index >= 15 is 0 Å². The van der Waals surface area contributed by atoms with Crippen molar-refractivity contribution in [2.45, 2.75) is 12.0 Å². The van der Waals surface area contributed by atoms with Crippen LogP contribution in [0, 0.1) is 12.1 Å². The fourth-order valence-corrected chi connectivity index (χ4v) is 1.52. The van der Waals surface area contributed by atoms with Gasteiger partial charge in [0, 0.05) is 18.1 Å². The number of halogens is 1. The van der Waals surface area contributed by atoms with Gasteiger partial charge >= 0.3 is 0 Å². The van der Waals surface area contributed by atoms with Gasteiger partial charge in [0.05, 0.1) is 0 Å². The van der Waals surface area contributed by atoms with Crippen molar-refractivity contribution in [3.05, 3.63) is 48.0 Å². The Morgan fingerprint density at radius 3 is 2.73 bits per heavy atom. The Kier molecular flexibility index (Phi) is 2.56. The van der Waals surface area contributed by atoms with E-state index in [0.717, 1.165) is 16.3 Å². The molecule has 0 spiro atoms. The zero-order valence-electron chi connectivity index (χ0n) is 8.67. The van der Waals surface area contributed by atoms with Gasteiger partial charge in [-0.1, -0.05) is 41.9 Å². The van der Waals surface area contributed by atoms with Crippen LogP contribution < -0.4 is 0 Å². The lowest BCUT2D eigenvalue weighted by atomic mass is 10.1. The van der Waals surface area contributed by atoms with Crippen molar-refractivity contribution in [2.75, 3.05) is 7.11 Å². The van der Waals surface area contributed by atoms with Crippen molar-refractivity contribution in [1.29, 1.82) is 0 Å². The summed E-state index contributed by atoms with van der Waals surface area (Å²) in [5, 5.41) is 1.29. The highest BCUT2D eigenvalue weighted by Crippen LogP contribution is 2.29. The van der Waals surface area contributed by atoms with Gasteiger partial charge in [-0.05, 0) is 24.4 Å². The molecule has 0 aliphatic carbocycles. The molecule has 0 amide bonds. The van der Waals surface area contributed by atoms with E-state index in [4.69, 9.17) is 16.3 Å². The van der Waals surface area contributed by atoms with Crippen LogP contribution in [0.4, 0.5) is 0 Å². The monoisotopic (exact) mass is 218 g/mol. The van der Waals surface area contributed by atoms with Crippen molar-refractivity contribution in [3.63, 3.8) is 0 Å². The lowest BCUT2D eigenvalue weighted by Gasteiger charge is -2.18. The van der Waals surface area contributed by atoms with Crippen molar-refractivity contribution in [3.8, 4) is 0 Å². The molecule has 0 N–H and O–H groups in total. The van der Waals surface area contributed by atoms with Crippen LogP contribution in [0.1, 0.15) is 12.5 Å². The summed E-state index contributed by atoms with van der Waals surface area (Å²) >= 11 is 6.17. The Morgan fingerprint density at radius 2 is 2.00 bits per heavy atom. The third kappa shape index (κ3) is 1.92. The summed E-state index contributed by atoms with van der Waals surface area (Å²) in [5.41, 5.74) is 0.797. The van der Waals surface area contributed by atoms with Gasteiger partial charge in [0.25, 0.3) is 0 Å². The summed E-state index contributed by atoms with van der Waals surface area (Å²) in [7, 11) is 1.58. The zero-order chi connectivity index (χ0) is 10.9. The molecular weight excluding hydrogens is 208 g/mol. The van der Waals surface area contributed by atoms with Gasteiger partial charge in [0.2, 0.25) is 0 Å². The molecule has 0 bridgehead atoms. The average molecular weight is 219 g/mol. The topological polar surface area (TPSA) is 9.23 Å². The second-order valence-corrected chi connectivity index (χ2v) is 4.24. The highest BCUT2D eigenvalue weighted by molar-refractivity contribution is 6.22. The van der Waals surface area contributed by atoms with E-state index in [1.165, 1.54) is 0 Å². The molecule has 0 radical (unpaired) electrons. The summed E-state index contributed by atoms with van der Waals surface area (Å²) in [6.45, 7) is 1.79.